The minimum Gasteiger partial charge on any atom is -0.385 e. The highest BCUT2D eigenvalue weighted by Crippen LogP contribution is 2.13. The molecule has 3 nitrogen and oxygen atoms in total. The van der Waals surface area contributed by atoms with Crippen LogP contribution < -0.4 is 10.6 Å². The molecule has 2 aromatic carbocycles. The molecule has 1 amide bonds. The predicted molar refractivity (Wildman–Crippen MR) is 90.6 cm³/mol. The number of carbonyl (C=O) groups excluding carboxylic acids is 1. The maximum atomic E-state index is 11.8. The molecule has 0 aromatic heterocycles. The Hall–Kier alpha value is -1.81. The van der Waals surface area contributed by atoms with Crippen molar-refractivity contribution in [3.8, 4) is 0 Å². The van der Waals surface area contributed by atoms with E-state index in [2.05, 4.69) is 26.6 Å². The maximum Gasteiger partial charge on any atom is 0.251 e. The van der Waals surface area contributed by atoms with Crippen molar-refractivity contribution in [1.82, 2.24) is 5.32 Å². The molecule has 2 rings (SSSR count). The van der Waals surface area contributed by atoms with Crippen LogP contribution in [0.15, 0.2) is 59.1 Å². The van der Waals surface area contributed by atoms with Crippen molar-refractivity contribution >= 4 is 27.5 Å². The number of halogens is 1. The topological polar surface area (TPSA) is 41.1 Å². The van der Waals surface area contributed by atoms with Crippen LogP contribution >= 0.6 is 15.9 Å². The van der Waals surface area contributed by atoms with E-state index in [1.54, 1.807) is 0 Å². The Bertz CT molecular complexity index is 555. The van der Waals surface area contributed by atoms with Crippen molar-refractivity contribution in [2.75, 3.05) is 18.4 Å². The largest absolute Gasteiger partial charge is 0.385 e. The molecule has 0 spiro atoms. The summed E-state index contributed by atoms with van der Waals surface area (Å²) in [6.07, 6.45) is 1.98. The van der Waals surface area contributed by atoms with E-state index in [1.165, 1.54) is 0 Å². The zero-order valence-corrected chi connectivity index (χ0v) is 13.4. The van der Waals surface area contributed by atoms with Gasteiger partial charge in [-0.2, -0.15) is 0 Å². The average molecular weight is 347 g/mol. The van der Waals surface area contributed by atoms with Crippen molar-refractivity contribution in [3.05, 3.63) is 64.6 Å². The first-order valence-corrected chi connectivity index (χ1v) is 7.88. The van der Waals surface area contributed by atoms with E-state index >= 15 is 0 Å². The third kappa shape index (κ3) is 5.60. The second kappa shape index (κ2) is 8.47. The van der Waals surface area contributed by atoms with Crippen LogP contribution in [0.2, 0.25) is 0 Å². The summed E-state index contributed by atoms with van der Waals surface area (Å²) in [5.41, 5.74) is 1.83. The van der Waals surface area contributed by atoms with Gasteiger partial charge < -0.3 is 10.6 Å². The van der Waals surface area contributed by atoms with E-state index in [0.29, 0.717) is 12.1 Å². The number of carbonyl (C=O) groups is 1. The van der Waals surface area contributed by atoms with Gasteiger partial charge >= 0.3 is 0 Å². The van der Waals surface area contributed by atoms with Crippen LogP contribution in [0, 0.1) is 0 Å². The number of unbranched alkanes of at least 4 members (excludes halogenated alkanes) is 1. The SMILES string of the molecule is O=C(NCCCCNc1ccc(Br)cc1)c1ccccc1. The molecular formula is C17H19BrN2O. The fraction of sp³-hybridized carbons (Fsp3) is 0.235. The molecule has 0 bridgehead atoms. The standard InChI is InChI=1S/C17H19BrN2O/c18-15-8-10-16(11-9-15)19-12-4-5-13-20-17(21)14-6-2-1-3-7-14/h1-3,6-11,19H,4-5,12-13H2,(H,20,21). The van der Waals surface area contributed by atoms with Gasteiger partial charge in [0.25, 0.3) is 5.91 Å². The van der Waals surface area contributed by atoms with E-state index in [4.69, 9.17) is 0 Å². The highest BCUT2D eigenvalue weighted by Gasteiger charge is 2.02. The summed E-state index contributed by atoms with van der Waals surface area (Å²) in [5, 5.41) is 6.29. The fourth-order valence-electron chi connectivity index (χ4n) is 1.94. The highest BCUT2D eigenvalue weighted by atomic mass is 79.9. The molecule has 0 radical (unpaired) electrons. The third-order valence-electron chi connectivity index (χ3n) is 3.10. The molecule has 2 N–H and O–H groups in total. The van der Waals surface area contributed by atoms with E-state index in [1.807, 2.05) is 54.6 Å². The Labute approximate surface area is 133 Å². The lowest BCUT2D eigenvalue weighted by Crippen LogP contribution is -2.24. The van der Waals surface area contributed by atoms with Crippen molar-refractivity contribution in [1.29, 1.82) is 0 Å². The lowest BCUT2D eigenvalue weighted by molar-refractivity contribution is 0.0953. The smallest absolute Gasteiger partial charge is 0.251 e. The first-order chi connectivity index (χ1) is 10.3. The molecule has 2 aromatic rings. The van der Waals surface area contributed by atoms with E-state index in [-0.39, 0.29) is 5.91 Å². The lowest BCUT2D eigenvalue weighted by atomic mass is 10.2. The maximum absolute atomic E-state index is 11.8. The quantitative estimate of drug-likeness (QED) is 0.742. The van der Waals surface area contributed by atoms with Gasteiger partial charge in [-0.15, -0.1) is 0 Å². The summed E-state index contributed by atoms with van der Waals surface area (Å²) in [6, 6.07) is 17.4. The zero-order chi connectivity index (χ0) is 14.9. The van der Waals surface area contributed by atoms with E-state index in [0.717, 1.165) is 29.5 Å². The molecule has 0 aliphatic heterocycles. The first-order valence-electron chi connectivity index (χ1n) is 7.08. The van der Waals surface area contributed by atoms with Crippen molar-refractivity contribution in [2.45, 2.75) is 12.8 Å². The molecule has 4 heteroatoms. The second-order valence-corrected chi connectivity index (χ2v) is 5.68. The number of nitrogens with one attached hydrogen (secondary N) is 2. The summed E-state index contributed by atoms with van der Waals surface area (Å²) in [4.78, 5) is 11.8. The van der Waals surface area contributed by atoms with Crippen LogP contribution in [-0.4, -0.2) is 19.0 Å². The molecule has 0 heterocycles. The summed E-state index contributed by atoms with van der Waals surface area (Å²) in [5.74, 6) is -0.00327. The first kappa shape index (κ1) is 15.6. The minimum atomic E-state index is -0.00327. The average Bonchev–Trinajstić information content (AvgIpc) is 2.53. The van der Waals surface area contributed by atoms with Crippen LogP contribution in [0.25, 0.3) is 0 Å². The van der Waals surface area contributed by atoms with Crippen molar-refractivity contribution in [2.24, 2.45) is 0 Å². The monoisotopic (exact) mass is 346 g/mol. The van der Waals surface area contributed by atoms with Gasteiger partial charge in [0.1, 0.15) is 0 Å². The number of hydrogen-bond donors (Lipinski definition) is 2. The molecular weight excluding hydrogens is 328 g/mol. The summed E-state index contributed by atoms with van der Waals surface area (Å²) in [7, 11) is 0. The Morgan fingerprint density at radius 3 is 2.29 bits per heavy atom. The Morgan fingerprint density at radius 2 is 1.57 bits per heavy atom. The zero-order valence-electron chi connectivity index (χ0n) is 11.8. The molecule has 0 unspecified atom stereocenters. The van der Waals surface area contributed by atoms with Crippen LogP contribution in [0.4, 0.5) is 5.69 Å². The number of amides is 1. The van der Waals surface area contributed by atoms with Crippen LogP contribution in [0.1, 0.15) is 23.2 Å². The van der Waals surface area contributed by atoms with Crippen molar-refractivity contribution in [3.63, 3.8) is 0 Å². The van der Waals surface area contributed by atoms with Gasteiger partial charge in [-0.25, -0.2) is 0 Å². The molecule has 21 heavy (non-hydrogen) atoms. The molecule has 0 saturated heterocycles. The van der Waals surface area contributed by atoms with Gasteiger partial charge in [-0.3, -0.25) is 4.79 Å². The van der Waals surface area contributed by atoms with E-state index < -0.39 is 0 Å². The van der Waals surface area contributed by atoms with Crippen LogP contribution in [-0.2, 0) is 0 Å². The Balaban J connectivity index is 1.58. The minimum absolute atomic E-state index is 0.00327. The predicted octanol–water partition coefficient (Wildman–Crippen LogP) is 4.07. The lowest BCUT2D eigenvalue weighted by Gasteiger charge is -2.07. The van der Waals surface area contributed by atoms with Gasteiger partial charge in [0.05, 0.1) is 0 Å². The number of benzene rings is 2. The van der Waals surface area contributed by atoms with Crippen molar-refractivity contribution < 1.29 is 4.79 Å². The van der Waals surface area contributed by atoms with Gasteiger partial charge in [-0.1, -0.05) is 34.1 Å². The summed E-state index contributed by atoms with van der Waals surface area (Å²) in [6.45, 7) is 1.61. The van der Waals surface area contributed by atoms with Gasteiger partial charge in [-0.05, 0) is 49.2 Å². The normalized spacial score (nSPS) is 10.1. The number of hydrogen-bond acceptors (Lipinski definition) is 2. The second-order valence-electron chi connectivity index (χ2n) is 4.76. The number of rotatable bonds is 7. The Kier molecular flexibility index (Phi) is 6.28. The third-order valence-corrected chi connectivity index (χ3v) is 3.63. The van der Waals surface area contributed by atoms with Gasteiger partial charge in [0.2, 0.25) is 0 Å². The molecule has 0 saturated carbocycles. The van der Waals surface area contributed by atoms with Crippen LogP contribution in [0.3, 0.4) is 0 Å². The van der Waals surface area contributed by atoms with Crippen LogP contribution in [0.5, 0.6) is 0 Å². The fourth-order valence-corrected chi connectivity index (χ4v) is 2.21. The molecule has 0 fully saturated rings. The summed E-state index contributed by atoms with van der Waals surface area (Å²) >= 11 is 3.41. The highest BCUT2D eigenvalue weighted by molar-refractivity contribution is 9.10. The summed E-state index contributed by atoms with van der Waals surface area (Å²) < 4.78 is 1.08. The molecule has 0 aliphatic rings. The molecule has 0 aliphatic carbocycles. The molecule has 110 valence electrons. The van der Waals surface area contributed by atoms with Gasteiger partial charge in [0.15, 0.2) is 0 Å². The number of anilines is 1. The van der Waals surface area contributed by atoms with Gasteiger partial charge in [0, 0.05) is 28.8 Å². The van der Waals surface area contributed by atoms with E-state index in [9.17, 15) is 4.79 Å². The molecule has 0 atom stereocenters. The Morgan fingerprint density at radius 1 is 0.905 bits per heavy atom.